The summed E-state index contributed by atoms with van der Waals surface area (Å²) < 4.78 is 0. The molecule has 3 N–H and O–H groups in total. The maximum absolute atomic E-state index is 13.6. The van der Waals surface area contributed by atoms with Crippen molar-refractivity contribution in [1.29, 1.82) is 0 Å². The summed E-state index contributed by atoms with van der Waals surface area (Å²) in [6.45, 7) is 3.34. The third-order valence-electron chi connectivity index (χ3n) is 8.86. The molecule has 1 saturated carbocycles. The number of H-pyrrole nitrogens is 1. The number of amides is 2. The van der Waals surface area contributed by atoms with Crippen LogP contribution in [0.15, 0.2) is 66.7 Å². The van der Waals surface area contributed by atoms with Crippen molar-refractivity contribution in [2.45, 2.75) is 43.6 Å². The fourth-order valence-corrected chi connectivity index (χ4v) is 6.75. The van der Waals surface area contributed by atoms with Gasteiger partial charge in [0, 0.05) is 23.5 Å². The Bertz CT molecular complexity index is 1630. The number of nitrogens with zero attached hydrogens (tertiary/aromatic N) is 3. The molecule has 1 spiro atoms. The van der Waals surface area contributed by atoms with Gasteiger partial charge in [0.25, 0.3) is 0 Å². The van der Waals surface area contributed by atoms with E-state index >= 15 is 0 Å². The van der Waals surface area contributed by atoms with Gasteiger partial charge in [-0.1, -0.05) is 67.1 Å². The van der Waals surface area contributed by atoms with Gasteiger partial charge in [-0.15, -0.1) is 0 Å². The summed E-state index contributed by atoms with van der Waals surface area (Å²) in [5, 5.41) is 8.80. The van der Waals surface area contributed by atoms with E-state index in [0.717, 1.165) is 51.9 Å². The fourth-order valence-electron chi connectivity index (χ4n) is 6.75. The van der Waals surface area contributed by atoms with E-state index < -0.39 is 11.3 Å². The molecule has 7 rings (SSSR count). The number of aromatic nitrogens is 2. The maximum atomic E-state index is 13.6. The van der Waals surface area contributed by atoms with Crippen molar-refractivity contribution >= 4 is 40.6 Å². The van der Waals surface area contributed by atoms with Gasteiger partial charge in [0.1, 0.15) is 6.54 Å². The molecule has 3 aromatic carbocycles. The van der Waals surface area contributed by atoms with Gasteiger partial charge < -0.3 is 10.6 Å². The van der Waals surface area contributed by atoms with Gasteiger partial charge in [0.05, 0.1) is 16.6 Å². The van der Waals surface area contributed by atoms with Crippen LogP contribution in [-0.4, -0.2) is 46.5 Å². The quantitative estimate of drug-likeness (QED) is 0.352. The van der Waals surface area contributed by atoms with Crippen LogP contribution in [0.25, 0.3) is 23.1 Å². The van der Waals surface area contributed by atoms with Gasteiger partial charge in [-0.2, -0.15) is 5.10 Å². The normalized spacial score (nSPS) is 22.4. The number of nitrogens with two attached hydrogens (primary N) is 1. The number of para-hydroxylation sites is 1. The van der Waals surface area contributed by atoms with E-state index in [4.69, 9.17) is 5.73 Å². The van der Waals surface area contributed by atoms with Gasteiger partial charge in [-0.25, -0.2) is 0 Å². The van der Waals surface area contributed by atoms with E-state index in [0.29, 0.717) is 0 Å². The number of carbonyl (C=O) groups is 2. The molecular formula is C33H33N5O2. The van der Waals surface area contributed by atoms with E-state index in [1.54, 1.807) is 4.90 Å². The number of rotatable bonds is 7. The van der Waals surface area contributed by atoms with Crippen molar-refractivity contribution < 1.29 is 9.59 Å². The average Bonchev–Trinajstić information content (AvgIpc) is 3.54. The number of carbonyl (C=O) groups excluding carboxylic acids is 2. The number of likely N-dealkylation sites (tertiary alicyclic amines) is 1. The average molecular weight is 532 g/mol. The Morgan fingerprint density at radius 2 is 1.82 bits per heavy atom. The maximum Gasteiger partial charge on any atom is 0.238 e. The van der Waals surface area contributed by atoms with Gasteiger partial charge in [-0.3, -0.25) is 19.6 Å². The summed E-state index contributed by atoms with van der Waals surface area (Å²) in [6, 6.07) is 22.9. The number of hydrogen-bond acceptors (Lipinski definition) is 4. The first kappa shape index (κ1) is 24.8. The Hall–Kier alpha value is -4.23. The van der Waals surface area contributed by atoms with E-state index in [1.165, 1.54) is 37.9 Å². The highest BCUT2D eigenvalue weighted by Crippen LogP contribution is 2.66. The van der Waals surface area contributed by atoms with E-state index in [1.807, 2.05) is 24.3 Å². The molecule has 7 heteroatoms. The lowest BCUT2D eigenvalue weighted by Crippen LogP contribution is -2.39. The minimum atomic E-state index is -0.622. The predicted molar refractivity (Wildman–Crippen MR) is 158 cm³/mol. The third kappa shape index (κ3) is 4.21. The zero-order valence-electron chi connectivity index (χ0n) is 22.5. The topological polar surface area (TPSA) is 95.3 Å². The fraction of sp³-hybridized carbons (Fsp3) is 0.303. The standard InChI is InChI=1S/C33H33N5O2/c34-31(39)21-38-30-7-3-2-6-26(30)33(32(38)40)19-27(33)24-13-14-25-28(35-36-29(25)18-24)15-12-22-8-10-23(11-9-22)20-37-16-4-1-5-17-37/h2-3,6-15,18,27H,1,4-5,16-17,19-21H2,(H2,34,39)(H,35,36)/b15-12+. The van der Waals surface area contributed by atoms with Gasteiger partial charge >= 0.3 is 0 Å². The zero-order chi connectivity index (χ0) is 27.3. The smallest absolute Gasteiger partial charge is 0.238 e. The number of primary amides is 1. The molecule has 2 amide bonds. The minimum Gasteiger partial charge on any atom is -0.368 e. The number of benzene rings is 3. The highest BCUT2D eigenvalue weighted by atomic mass is 16.2. The van der Waals surface area contributed by atoms with E-state index in [-0.39, 0.29) is 18.4 Å². The Morgan fingerprint density at radius 1 is 1.02 bits per heavy atom. The van der Waals surface area contributed by atoms with Crippen LogP contribution in [-0.2, 0) is 21.5 Å². The number of nitrogens with one attached hydrogen (secondary N) is 1. The van der Waals surface area contributed by atoms with Crippen LogP contribution in [0, 0.1) is 0 Å². The van der Waals surface area contributed by atoms with E-state index in [2.05, 4.69) is 69.7 Å². The molecule has 1 aromatic heterocycles. The van der Waals surface area contributed by atoms with Crippen LogP contribution in [0.5, 0.6) is 0 Å². The Kier molecular flexibility index (Phi) is 6.04. The Morgan fingerprint density at radius 3 is 2.62 bits per heavy atom. The molecule has 2 unspecified atom stereocenters. The SMILES string of the molecule is NC(=O)CN1C(=O)C2(CC2c2ccc3c(/C=C/c4ccc(CN5CCCCC5)cc4)n[nH]c3c2)c2ccccc21. The molecule has 202 valence electrons. The predicted octanol–water partition coefficient (Wildman–Crippen LogP) is 4.98. The molecule has 4 aromatic rings. The van der Waals surface area contributed by atoms with Crippen LogP contribution in [0.4, 0.5) is 5.69 Å². The van der Waals surface area contributed by atoms with Crippen molar-refractivity contribution in [3.63, 3.8) is 0 Å². The van der Waals surface area contributed by atoms with Gasteiger partial charge in [0.15, 0.2) is 0 Å². The number of fused-ring (bicyclic) bond motifs is 3. The van der Waals surface area contributed by atoms with Crippen molar-refractivity contribution in [3.05, 3.63) is 94.7 Å². The number of piperidine rings is 1. The summed E-state index contributed by atoms with van der Waals surface area (Å²) in [6.07, 6.45) is 8.85. The number of anilines is 1. The summed E-state index contributed by atoms with van der Waals surface area (Å²) in [4.78, 5) is 29.3. The number of aromatic amines is 1. The summed E-state index contributed by atoms with van der Waals surface area (Å²) >= 11 is 0. The van der Waals surface area contributed by atoms with Crippen LogP contribution >= 0.6 is 0 Å². The van der Waals surface area contributed by atoms with E-state index in [9.17, 15) is 9.59 Å². The van der Waals surface area contributed by atoms with Crippen LogP contribution in [0.2, 0.25) is 0 Å². The van der Waals surface area contributed by atoms with Crippen molar-refractivity contribution in [2.75, 3.05) is 24.5 Å². The second kappa shape index (κ2) is 9.75. The summed E-state index contributed by atoms with van der Waals surface area (Å²) in [7, 11) is 0. The molecule has 0 radical (unpaired) electrons. The monoisotopic (exact) mass is 531 g/mol. The minimum absolute atomic E-state index is 0.0345. The lowest BCUT2D eigenvalue weighted by Gasteiger charge is -2.26. The molecule has 1 aliphatic carbocycles. The van der Waals surface area contributed by atoms with Crippen LogP contribution in [0.1, 0.15) is 59.5 Å². The molecule has 3 aliphatic rings. The zero-order valence-corrected chi connectivity index (χ0v) is 22.5. The third-order valence-corrected chi connectivity index (χ3v) is 8.86. The molecule has 0 bridgehead atoms. The summed E-state index contributed by atoms with van der Waals surface area (Å²) in [5.74, 6) is -0.493. The first-order valence-electron chi connectivity index (χ1n) is 14.2. The second-order valence-electron chi connectivity index (χ2n) is 11.4. The van der Waals surface area contributed by atoms with Crippen LogP contribution in [0.3, 0.4) is 0 Å². The van der Waals surface area contributed by atoms with Crippen molar-refractivity contribution in [3.8, 4) is 0 Å². The van der Waals surface area contributed by atoms with Crippen LogP contribution < -0.4 is 10.6 Å². The largest absolute Gasteiger partial charge is 0.368 e. The highest BCUT2D eigenvalue weighted by Gasteiger charge is 2.67. The molecule has 2 fully saturated rings. The summed E-state index contributed by atoms with van der Waals surface area (Å²) in [5.41, 5.74) is 12.1. The second-order valence-corrected chi connectivity index (χ2v) is 11.4. The van der Waals surface area contributed by atoms with Gasteiger partial charge in [-0.05, 0) is 72.8 Å². The number of hydrogen-bond donors (Lipinski definition) is 2. The van der Waals surface area contributed by atoms with Crippen molar-refractivity contribution in [1.82, 2.24) is 15.1 Å². The van der Waals surface area contributed by atoms with Crippen molar-refractivity contribution in [2.24, 2.45) is 5.73 Å². The molecule has 2 aliphatic heterocycles. The van der Waals surface area contributed by atoms with Gasteiger partial charge in [0.2, 0.25) is 11.8 Å². The molecule has 40 heavy (non-hydrogen) atoms. The molecule has 2 atom stereocenters. The first-order valence-corrected chi connectivity index (χ1v) is 14.2. The highest BCUT2D eigenvalue weighted by molar-refractivity contribution is 6.13. The lowest BCUT2D eigenvalue weighted by atomic mass is 9.92. The molecule has 1 saturated heterocycles. The Labute approximate surface area is 233 Å². The lowest BCUT2D eigenvalue weighted by molar-refractivity contribution is -0.123. The molecule has 7 nitrogen and oxygen atoms in total. The molecule has 3 heterocycles. The Balaban J connectivity index is 1.09. The first-order chi connectivity index (χ1) is 19.5. The molecular weight excluding hydrogens is 498 g/mol.